The van der Waals surface area contributed by atoms with Gasteiger partial charge < -0.3 is 15.3 Å². The molecule has 0 atom stereocenters. The summed E-state index contributed by atoms with van der Waals surface area (Å²) >= 11 is 0. The second-order valence-corrected chi connectivity index (χ2v) is 3.00. The summed E-state index contributed by atoms with van der Waals surface area (Å²) in [6.07, 6.45) is 4.23. The molecule has 0 aromatic rings. The Kier molecular flexibility index (Phi) is 8.37. The molecule has 5 heteroatoms. The molecule has 0 heterocycles. The fraction of sp³-hybridized carbons (Fsp3) is 0.600. The number of hydrogen-bond acceptors (Lipinski definition) is 3. The average Bonchev–Trinajstić information content (AvgIpc) is 2.23. The van der Waals surface area contributed by atoms with Crippen LogP contribution in [0.2, 0.25) is 0 Å². The summed E-state index contributed by atoms with van der Waals surface area (Å²) in [6.45, 7) is 4.84. The van der Waals surface area contributed by atoms with Gasteiger partial charge in [0.25, 0.3) is 0 Å². The van der Waals surface area contributed by atoms with E-state index in [1.807, 2.05) is 0 Å². The molecule has 0 unspecified atom stereocenters. The molecule has 0 bridgehead atoms. The molecule has 0 aromatic heterocycles. The number of amides is 1. The molecule has 0 aliphatic carbocycles. The second-order valence-electron chi connectivity index (χ2n) is 3.00. The van der Waals surface area contributed by atoms with Crippen LogP contribution in [-0.2, 0) is 4.79 Å². The first-order valence-corrected chi connectivity index (χ1v) is 4.89. The highest BCUT2D eigenvalue weighted by atomic mass is 16.3. The van der Waals surface area contributed by atoms with Crippen LogP contribution in [0.15, 0.2) is 17.6 Å². The molecule has 0 spiro atoms. The van der Waals surface area contributed by atoms with E-state index in [9.17, 15) is 4.79 Å². The zero-order valence-corrected chi connectivity index (χ0v) is 9.15. The maximum absolute atomic E-state index is 11.3. The molecule has 0 aliphatic heterocycles. The third kappa shape index (κ3) is 7.69. The molecule has 0 saturated heterocycles. The Balaban J connectivity index is 3.91. The number of nitrogens with zero attached hydrogens (tertiary/aromatic N) is 2. The molecule has 0 rings (SSSR count). The van der Waals surface area contributed by atoms with Crippen molar-refractivity contribution in [2.45, 2.75) is 6.42 Å². The maximum atomic E-state index is 11.3. The predicted octanol–water partition coefficient (Wildman–Crippen LogP) is -0.369. The Morgan fingerprint density at radius 1 is 1.67 bits per heavy atom. The molecule has 0 aliphatic rings. The van der Waals surface area contributed by atoms with Crippen molar-refractivity contribution in [2.75, 3.05) is 33.3 Å². The van der Waals surface area contributed by atoms with Crippen molar-refractivity contribution in [2.24, 2.45) is 4.99 Å². The molecular formula is C10H19N3O2. The van der Waals surface area contributed by atoms with E-state index in [-0.39, 0.29) is 25.6 Å². The molecule has 0 fully saturated rings. The van der Waals surface area contributed by atoms with E-state index in [2.05, 4.69) is 16.9 Å². The van der Waals surface area contributed by atoms with Crippen molar-refractivity contribution < 1.29 is 9.90 Å². The Morgan fingerprint density at radius 2 is 2.40 bits per heavy atom. The molecule has 0 aromatic carbocycles. The highest BCUT2D eigenvalue weighted by molar-refractivity contribution is 5.80. The Labute approximate surface area is 90.5 Å². The van der Waals surface area contributed by atoms with E-state index in [0.717, 1.165) is 6.42 Å². The molecular weight excluding hydrogens is 194 g/mol. The van der Waals surface area contributed by atoms with Gasteiger partial charge in [0.2, 0.25) is 5.91 Å². The number of aliphatic hydroxyl groups is 1. The molecule has 0 radical (unpaired) electrons. The number of aliphatic hydroxyl groups excluding tert-OH is 1. The number of rotatable bonds is 8. The van der Waals surface area contributed by atoms with Crippen molar-refractivity contribution in [3.8, 4) is 0 Å². The summed E-state index contributed by atoms with van der Waals surface area (Å²) in [6, 6.07) is 0. The number of hydrogen-bond donors (Lipinski definition) is 2. The average molecular weight is 213 g/mol. The van der Waals surface area contributed by atoms with E-state index in [4.69, 9.17) is 5.11 Å². The van der Waals surface area contributed by atoms with Gasteiger partial charge in [-0.1, -0.05) is 6.08 Å². The van der Waals surface area contributed by atoms with Gasteiger partial charge >= 0.3 is 0 Å². The summed E-state index contributed by atoms with van der Waals surface area (Å²) in [5.41, 5.74) is 0. The third-order valence-corrected chi connectivity index (χ3v) is 1.68. The van der Waals surface area contributed by atoms with E-state index in [0.29, 0.717) is 6.54 Å². The van der Waals surface area contributed by atoms with Gasteiger partial charge in [0.05, 0.1) is 19.5 Å². The van der Waals surface area contributed by atoms with Crippen molar-refractivity contribution in [1.29, 1.82) is 0 Å². The van der Waals surface area contributed by atoms with Crippen LogP contribution >= 0.6 is 0 Å². The van der Waals surface area contributed by atoms with Crippen molar-refractivity contribution in [3.63, 3.8) is 0 Å². The van der Waals surface area contributed by atoms with Gasteiger partial charge in [-0.05, 0) is 6.42 Å². The summed E-state index contributed by atoms with van der Waals surface area (Å²) in [4.78, 5) is 17.0. The van der Waals surface area contributed by atoms with Gasteiger partial charge in [-0.25, -0.2) is 0 Å². The third-order valence-electron chi connectivity index (χ3n) is 1.68. The van der Waals surface area contributed by atoms with Gasteiger partial charge in [-0.3, -0.25) is 9.79 Å². The predicted molar refractivity (Wildman–Crippen MR) is 60.9 cm³/mol. The molecule has 1 amide bonds. The number of aliphatic imine (C=N–C) groups is 1. The lowest BCUT2D eigenvalue weighted by Crippen LogP contribution is -2.38. The van der Waals surface area contributed by atoms with Gasteiger partial charge in [0.1, 0.15) is 0 Å². The van der Waals surface area contributed by atoms with Gasteiger partial charge in [-0.2, -0.15) is 0 Å². The van der Waals surface area contributed by atoms with Crippen LogP contribution in [0.25, 0.3) is 0 Å². The SMILES string of the molecule is C=CCCN(C=NC)CC(=O)NCCO. The van der Waals surface area contributed by atoms with E-state index in [1.54, 1.807) is 24.4 Å². The number of nitrogens with one attached hydrogen (secondary N) is 1. The second kappa shape index (κ2) is 9.21. The highest BCUT2D eigenvalue weighted by Crippen LogP contribution is 1.89. The quantitative estimate of drug-likeness (QED) is 0.328. The molecule has 5 nitrogen and oxygen atoms in total. The van der Waals surface area contributed by atoms with Crippen LogP contribution in [0.4, 0.5) is 0 Å². The standard InChI is InChI=1S/C10H19N3O2/c1-3-4-6-13(9-11-2)8-10(15)12-5-7-14/h3,9,14H,1,4-8H2,2H3,(H,12,15). The molecule has 15 heavy (non-hydrogen) atoms. The minimum absolute atomic E-state index is 0.0414. The normalized spacial score (nSPS) is 10.3. The lowest BCUT2D eigenvalue weighted by molar-refractivity contribution is -0.121. The first kappa shape index (κ1) is 13.6. The first-order valence-electron chi connectivity index (χ1n) is 4.89. The lowest BCUT2D eigenvalue weighted by Gasteiger charge is -2.17. The van der Waals surface area contributed by atoms with E-state index < -0.39 is 0 Å². The van der Waals surface area contributed by atoms with Crippen molar-refractivity contribution in [1.82, 2.24) is 10.2 Å². The lowest BCUT2D eigenvalue weighted by atomic mass is 10.4. The van der Waals surface area contributed by atoms with E-state index in [1.165, 1.54) is 0 Å². The first-order chi connectivity index (χ1) is 7.24. The highest BCUT2D eigenvalue weighted by Gasteiger charge is 2.05. The Bertz CT molecular complexity index is 217. The summed E-state index contributed by atoms with van der Waals surface area (Å²) in [5.74, 6) is -0.118. The fourth-order valence-corrected chi connectivity index (χ4v) is 1.03. The molecule has 0 saturated carbocycles. The molecule has 2 N–H and O–H groups in total. The van der Waals surface area contributed by atoms with Crippen LogP contribution < -0.4 is 5.32 Å². The Morgan fingerprint density at radius 3 is 2.93 bits per heavy atom. The minimum atomic E-state index is -0.118. The van der Waals surface area contributed by atoms with Crippen LogP contribution in [0.1, 0.15) is 6.42 Å². The summed E-state index contributed by atoms with van der Waals surface area (Å²) < 4.78 is 0. The largest absolute Gasteiger partial charge is 0.395 e. The maximum Gasteiger partial charge on any atom is 0.239 e. The zero-order chi connectivity index (χ0) is 11.5. The summed E-state index contributed by atoms with van der Waals surface area (Å²) in [7, 11) is 1.66. The van der Waals surface area contributed by atoms with Gasteiger partial charge in [-0.15, -0.1) is 6.58 Å². The fourth-order valence-electron chi connectivity index (χ4n) is 1.03. The van der Waals surface area contributed by atoms with Crippen LogP contribution in [0.5, 0.6) is 0 Å². The van der Waals surface area contributed by atoms with Crippen LogP contribution in [-0.4, -0.2) is 55.5 Å². The molecule has 86 valence electrons. The monoisotopic (exact) mass is 213 g/mol. The van der Waals surface area contributed by atoms with Crippen molar-refractivity contribution >= 4 is 12.2 Å². The zero-order valence-electron chi connectivity index (χ0n) is 9.15. The topological polar surface area (TPSA) is 64.9 Å². The van der Waals surface area contributed by atoms with Crippen molar-refractivity contribution in [3.05, 3.63) is 12.7 Å². The summed E-state index contributed by atoms with van der Waals surface area (Å²) in [5, 5.41) is 11.1. The minimum Gasteiger partial charge on any atom is -0.395 e. The smallest absolute Gasteiger partial charge is 0.239 e. The van der Waals surface area contributed by atoms with Gasteiger partial charge in [0.15, 0.2) is 0 Å². The van der Waals surface area contributed by atoms with Crippen LogP contribution in [0.3, 0.4) is 0 Å². The van der Waals surface area contributed by atoms with Gasteiger partial charge in [0, 0.05) is 20.1 Å². The number of carbonyl (C=O) groups excluding carboxylic acids is 1. The van der Waals surface area contributed by atoms with Crippen LogP contribution in [0, 0.1) is 0 Å². The number of carbonyl (C=O) groups is 1. The Hall–Kier alpha value is -1.36. The van der Waals surface area contributed by atoms with E-state index >= 15 is 0 Å².